The molecule has 2 N–H and O–H groups in total. The van der Waals surface area contributed by atoms with Crippen LogP contribution >= 0.6 is 11.6 Å². The van der Waals surface area contributed by atoms with Crippen LogP contribution < -0.4 is 10.9 Å². The van der Waals surface area contributed by atoms with Gasteiger partial charge in [0.25, 0.3) is 11.5 Å². The summed E-state index contributed by atoms with van der Waals surface area (Å²) in [5, 5.41) is 3.31. The Balaban J connectivity index is 1.61. The third-order valence-corrected chi connectivity index (χ3v) is 3.85. The number of benzene rings is 1. The number of hydrogen-bond acceptors (Lipinski definition) is 4. The Kier molecular flexibility index (Phi) is 5.25. The second kappa shape index (κ2) is 7.76. The summed E-state index contributed by atoms with van der Waals surface area (Å²) in [6, 6.07) is 6.91. The van der Waals surface area contributed by atoms with Crippen molar-refractivity contribution in [2.75, 3.05) is 6.54 Å². The van der Waals surface area contributed by atoms with Crippen LogP contribution in [0.1, 0.15) is 16.8 Å². The quantitative estimate of drug-likeness (QED) is 0.661. The molecule has 0 radical (unpaired) electrons. The van der Waals surface area contributed by atoms with Gasteiger partial charge in [0.15, 0.2) is 0 Å². The molecule has 0 aliphatic heterocycles. The Labute approximate surface area is 148 Å². The Morgan fingerprint density at radius 3 is 2.76 bits per heavy atom. The molecule has 0 saturated carbocycles. The third-order valence-electron chi connectivity index (χ3n) is 3.60. The SMILES string of the molecule is O=C(NCCCn1ccnc1)c1cnc(-c2ccc(Cl)cc2)[nH]c1=O. The number of hydrogen-bond donors (Lipinski definition) is 2. The van der Waals surface area contributed by atoms with E-state index in [1.165, 1.54) is 6.20 Å². The van der Waals surface area contributed by atoms with E-state index in [4.69, 9.17) is 11.6 Å². The average Bonchev–Trinajstić information content (AvgIpc) is 3.12. The summed E-state index contributed by atoms with van der Waals surface area (Å²) in [6.45, 7) is 1.19. The summed E-state index contributed by atoms with van der Waals surface area (Å²) >= 11 is 5.84. The normalized spacial score (nSPS) is 10.6. The van der Waals surface area contributed by atoms with Crippen LogP contribution in [0.2, 0.25) is 5.02 Å². The number of imidazole rings is 1. The van der Waals surface area contributed by atoms with Crippen molar-refractivity contribution in [3.63, 3.8) is 0 Å². The molecule has 2 aromatic heterocycles. The molecule has 0 bridgehead atoms. The zero-order valence-corrected chi connectivity index (χ0v) is 14.0. The van der Waals surface area contributed by atoms with E-state index in [1.807, 2.05) is 10.8 Å². The lowest BCUT2D eigenvalue weighted by Gasteiger charge is -2.06. The molecule has 2 heterocycles. The molecule has 3 rings (SSSR count). The highest BCUT2D eigenvalue weighted by Crippen LogP contribution is 2.16. The van der Waals surface area contributed by atoms with E-state index in [9.17, 15) is 9.59 Å². The Bertz CT molecular complexity index is 904. The molecule has 0 unspecified atom stereocenters. The van der Waals surface area contributed by atoms with Gasteiger partial charge in [-0.15, -0.1) is 0 Å². The molecule has 7 nitrogen and oxygen atoms in total. The molecular formula is C17H16ClN5O2. The second-order valence-electron chi connectivity index (χ2n) is 5.39. The molecule has 1 aromatic carbocycles. The lowest BCUT2D eigenvalue weighted by molar-refractivity contribution is 0.0951. The highest BCUT2D eigenvalue weighted by molar-refractivity contribution is 6.30. The number of carbonyl (C=O) groups excluding carboxylic acids is 1. The molecule has 25 heavy (non-hydrogen) atoms. The van der Waals surface area contributed by atoms with Crippen LogP contribution in [0.25, 0.3) is 11.4 Å². The highest BCUT2D eigenvalue weighted by atomic mass is 35.5. The van der Waals surface area contributed by atoms with Gasteiger partial charge in [-0.2, -0.15) is 0 Å². The summed E-state index contributed by atoms with van der Waals surface area (Å²) in [7, 11) is 0. The minimum atomic E-state index is -0.480. The van der Waals surface area contributed by atoms with Gasteiger partial charge in [-0.3, -0.25) is 9.59 Å². The van der Waals surface area contributed by atoms with Crippen LogP contribution in [-0.4, -0.2) is 32.0 Å². The Morgan fingerprint density at radius 1 is 1.28 bits per heavy atom. The van der Waals surface area contributed by atoms with Crippen LogP contribution in [0.15, 0.2) is 54.0 Å². The largest absolute Gasteiger partial charge is 0.352 e. The van der Waals surface area contributed by atoms with Gasteiger partial charge in [0, 0.05) is 42.3 Å². The molecule has 0 saturated heterocycles. The first kappa shape index (κ1) is 16.9. The molecule has 3 aromatic rings. The van der Waals surface area contributed by atoms with Crippen LogP contribution in [0.4, 0.5) is 0 Å². The number of amides is 1. The fourth-order valence-electron chi connectivity index (χ4n) is 2.29. The summed E-state index contributed by atoms with van der Waals surface area (Å²) in [6.07, 6.45) is 7.29. The van der Waals surface area contributed by atoms with Crippen molar-refractivity contribution in [1.82, 2.24) is 24.8 Å². The first-order valence-electron chi connectivity index (χ1n) is 7.72. The summed E-state index contributed by atoms with van der Waals surface area (Å²) in [5.74, 6) is -0.0552. The van der Waals surface area contributed by atoms with Crippen molar-refractivity contribution in [3.05, 3.63) is 70.1 Å². The van der Waals surface area contributed by atoms with E-state index >= 15 is 0 Å². The van der Waals surface area contributed by atoms with Crippen molar-refractivity contribution in [2.45, 2.75) is 13.0 Å². The first-order chi connectivity index (χ1) is 12.1. The second-order valence-corrected chi connectivity index (χ2v) is 5.83. The maximum absolute atomic E-state index is 12.1. The monoisotopic (exact) mass is 357 g/mol. The summed E-state index contributed by atoms with van der Waals surface area (Å²) in [4.78, 5) is 35.0. The van der Waals surface area contributed by atoms with Crippen LogP contribution in [0, 0.1) is 0 Å². The predicted octanol–water partition coefficient (Wildman–Crippen LogP) is 2.11. The van der Waals surface area contributed by atoms with E-state index in [2.05, 4.69) is 20.3 Å². The van der Waals surface area contributed by atoms with Gasteiger partial charge in [-0.1, -0.05) is 11.6 Å². The van der Waals surface area contributed by atoms with E-state index in [-0.39, 0.29) is 5.56 Å². The molecule has 0 atom stereocenters. The number of carbonyl (C=O) groups is 1. The summed E-state index contributed by atoms with van der Waals surface area (Å²) in [5.41, 5.74) is 0.223. The highest BCUT2D eigenvalue weighted by Gasteiger charge is 2.12. The summed E-state index contributed by atoms with van der Waals surface area (Å²) < 4.78 is 1.92. The number of nitrogens with zero attached hydrogens (tertiary/aromatic N) is 3. The fraction of sp³-hybridized carbons (Fsp3) is 0.176. The van der Waals surface area contributed by atoms with Gasteiger partial charge in [-0.25, -0.2) is 9.97 Å². The zero-order chi connectivity index (χ0) is 17.6. The molecular weight excluding hydrogens is 342 g/mol. The van der Waals surface area contributed by atoms with E-state index < -0.39 is 11.5 Å². The van der Waals surface area contributed by atoms with Gasteiger partial charge in [0.05, 0.1) is 6.33 Å². The molecule has 128 valence electrons. The van der Waals surface area contributed by atoms with Crippen LogP contribution in [-0.2, 0) is 6.54 Å². The lowest BCUT2D eigenvalue weighted by atomic mass is 10.2. The van der Waals surface area contributed by atoms with Gasteiger partial charge < -0.3 is 14.9 Å². The number of aromatic nitrogens is 4. The van der Waals surface area contributed by atoms with Crippen LogP contribution in [0.5, 0.6) is 0 Å². The standard InChI is InChI=1S/C17H16ClN5O2/c18-13-4-2-12(3-5-13)15-21-10-14(17(25)22-15)16(24)20-6-1-8-23-9-7-19-11-23/h2-5,7,9-11H,1,6,8H2,(H,20,24)(H,21,22,25). The van der Waals surface area contributed by atoms with Gasteiger partial charge in [0.2, 0.25) is 0 Å². The molecule has 8 heteroatoms. The minimum absolute atomic E-state index is 0.0136. The molecule has 0 spiro atoms. The van der Waals surface area contributed by atoms with Gasteiger partial charge in [0.1, 0.15) is 11.4 Å². The molecule has 0 aliphatic rings. The number of aryl methyl sites for hydroxylation is 1. The van der Waals surface area contributed by atoms with Crippen molar-refractivity contribution in [3.8, 4) is 11.4 Å². The number of nitrogens with one attached hydrogen (secondary N) is 2. The van der Waals surface area contributed by atoms with Crippen molar-refractivity contribution in [2.24, 2.45) is 0 Å². The number of aromatic amines is 1. The fourth-order valence-corrected chi connectivity index (χ4v) is 2.41. The third kappa shape index (κ3) is 4.33. The predicted molar refractivity (Wildman–Crippen MR) is 94.5 cm³/mol. The average molecular weight is 358 g/mol. The zero-order valence-electron chi connectivity index (χ0n) is 13.3. The molecule has 0 fully saturated rings. The van der Waals surface area contributed by atoms with Crippen molar-refractivity contribution >= 4 is 17.5 Å². The van der Waals surface area contributed by atoms with Gasteiger partial charge in [-0.05, 0) is 30.7 Å². The first-order valence-corrected chi connectivity index (χ1v) is 8.10. The maximum Gasteiger partial charge on any atom is 0.264 e. The maximum atomic E-state index is 12.1. The Morgan fingerprint density at radius 2 is 2.08 bits per heavy atom. The lowest BCUT2D eigenvalue weighted by Crippen LogP contribution is -2.31. The van der Waals surface area contributed by atoms with E-state index in [0.717, 1.165) is 13.0 Å². The smallest absolute Gasteiger partial charge is 0.264 e. The number of halogens is 1. The van der Waals surface area contributed by atoms with Crippen LogP contribution in [0.3, 0.4) is 0 Å². The van der Waals surface area contributed by atoms with Crippen molar-refractivity contribution < 1.29 is 4.79 Å². The minimum Gasteiger partial charge on any atom is -0.352 e. The Hall–Kier alpha value is -2.93. The topological polar surface area (TPSA) is 92.7 Å². The molecule has 0 aliphatic carbocycles. The number of rotatable bonds is 6. The van der Waals surface area contributed by atoms with Gasteiger partial charge >= 0.3 is 0 Å². The number of H-pyrrole nitrogens is 1. The van der Waals surface area contributed by atoms with E-state index in [0.29, 0.717) is 23.0 Å². The molecule has 1 amide bonds. The van der Waals surface area contributed by atoms with Crippen molar-refractivity contribution in [1.29, 1.82) is 0 Å². The van der Waals surface area contributed by atoms with E-state index in [1.54, 1.807) is 36.8 Å².